The van der Waals surface area contributed by atoms with E-state index in [1.807, 2.05) is 46.4 Å². The summed E-state index contributed by atoms with van der Waals surface area (Å²) in [6.45, 7) is 1.77. The first kappa shape index (κ1) is 18.8. The van der Waals surface area contributed by atoms with Gasteiger partial charge in [-0.2, -0.15) is 5.10 Å². The largest absolute Gasteiger partial charge is 0.397 e. The molecule has 2 heterocycles. The number of benzene rings is 2. The van der Waals surface area contributed by atoms with Gasteiger partial charge in [-0.3, -0.25) is 15.2 Å². The van der Waals surface area contributed by atoms with Crippen LogP contribution in [0.5, 0.6) is 0 Å². The Kier molecular flexibility index (Phi) is 5.50. The van der Waals surface area contributed by atoms with E-state index < -0.39 is 0 Å². The van der Waals surface area contributed by atoms with E-state index in [1.54, 1.807) is 12.1 Å². The van der Waals surface area contributed by atoms with E-state index in [-0.39, 0.29) is 11.9 Å². The number of carbonyl (C=O) groups is 1. The highest BCUT2D eigenvalue weighted by Gasteiger charge is 2.33. The number of carbonyl (C=O) groups excluding carboxylic acids is 1. The number of nitrogens with two attached hydrogens (primary N) is 1. The Morgan fingerprint density at radius 3 is 2.57 bits per heavy atom. The molecule has 3 N–H and O–H groups in total. The van der Waals surface area contributed by atoms with Crippen LogP contribution in [0.3, 0.4) is 0 Å². The topological polar surface area (TPSA) is 74.0 Å². The van der Waals surface area contributed by atoms with Crippen molar-refractivity contribution >= 4 is 34.6 Å². The molecule has 2 aliphatic rings. The minimum atomic E-state index is -0.141. The standard InChI is InChI=1S/C21H24ClN5O/c22-16-9-10-19(17(23)13-16)27-20(15-7-3-1-4-8-15)14-18(24-27)21(28)25-26-11-5-2-6-12-26/h1,3-4,7-10,13,20H,2,5-6,11-12,14,23H2,(H,25,28). The summed E-state index contributed by atoms with van der Waals surface area (Å²) in [4.78, 5) is 12.8. The van der Waals surface area contributed by atoms with E-state index >= 15 is 0 Å². The van der Waals surface area contributed by atoms with E-state index in [1.165, 1.54) is 6.42 Å². The lowest BCUT2D eigenvalue weighted by Crippen LogP contribution is -2.47. The molecule has 0 bridgehead atoms. The van der Waals surface area contributed by atoms with Gasteiger partial charge in [0.15, 0.2) is 0 Å². The molecule has 0 aliphatic carbocycles. The number of amides is 1. The maximum Gasteiger partial charge on any atom is 0.281 e. The third-order valence-corrected chi connectivity index (χ3v) is 5.44. The van der Waals surface area contributed by atoms with Gasteiger partial charge in [-0.15, -0.1) is 0 Å². The average Bonchev–Trinajstić information content (AvgIpc) is 3.15. The molecule has 2 aromatic rings. The van der Waals surface area contributed by atoms with Gasteiger partial charge in [0.25, 0.3) is 5.91 Å². The Morgan fingerprint density at radius 2 is 1.86 bits per heavy atom. The van der Waals surface area contributed by atoms with Crippen LogP contribution in [0.2, 0.25) is 5.02 Å². The first-order valence-corrected chi connectivity index (χ1v) is 10.0. The van der Waals surface area contributed by atoms with Crippen LogP contribution in [0.25, 0.3) is 0 Å². The van der Waals surface area contributed by atoms with Crippen LogP contribution in [-0.4, -0.2) is 29.7 Å². The van der Waals surface area contributed by atoms with Crippen molar-refractivity contribution in [1.82, 2.24) is 10.4 Å². The summed E-state index contributed by atoms with van der Waals surface area (Å²) in [6, 6.07) is 15.3. The number of nitrogen functional groups attached to an aromatic ring is 1. The van der Waals surface area contributed by atoms with Crippen LogP contribution in [0.1, 0.15) is 37.3 Å². The molecule has 1 saturated heterocycles. The zero-order valence-electron chi connectivity index (χ0n) is 15.6. The van der Waals surface area contributed by atoms with Gasteiger partial charge >= 0.3 is 0 Å². The molecular formula is C21H24ClN5O. The number of rotatable bonds is 4. The van der Waals surface area contributed by atoms with Gasteiger partial charge in [0.05, 0.1) is 17.4 Å². The van der Waals surface area contributed by atoms with E-state index in [0.717, 1.165) is 37.2 Å². The molecule has 2 aliphatic heterocycles. The summed E-state index contributed by atoms with van der Waals surface area (Å²) >= 11 is 6.06. The summed E-state index contributed by atoms with van der Waals surface area (Å²) in [6.07, 6.45) is 3.94. The fourth-order valence-electron chi connectivity index (χ4n) is 3.75. The Balaban J connectivity index is 1.62. The van der Waals surface area contributed by atoms with Gasteiger partial charge in [-0.1, -0.05) is 48.4 Å². The molecule has 1 unspecified atom stereocenters. The second-order valence-corrected chi connectivity index (χ2v) is 7.65. The number of halogens is 1. The molecule has 1 amide bonds. The molecule has 4 rings (SSSR count). The molecule has 0 spiro atoms. The number of nitrogens with one attached hydrogen (secondary N) is 1. The first-order chi connectivity index (χ1) is 13.6. The molecule has 1 atom stereocenters. The Bertz CT molecular complexity index is 880. The SMILES string of the molecule is Nc1cc(Cl)ccc1N1N=C(C(=O)NN2CCCCC2)CC1c1ccccc1. The monoisotopic (exact) mass is 397 g/mol. The van der Waals surface area contributed by atoms with Crippen molar-refractivity contribution in [1.29, 1.82) is 0 Å². The number of hydrogen-bond donors (Lipinski definition) is 2. The summed E-state index contributed by atoms with van der Waals surface area (Å²) in [7, 11) is 0. The van der Waals surface area contributed by atoms with E-state index in [9.17, 15) is 4.79 Å². The van der Waals surface area contributed by atoms with Crippen molar-refractivity contribution < 1.29 is 4.79 Å². The predicted molar refractivity (Wildman–Crippen MR) is 113 cm³/mol. The van der Waals surface area contributed by atoms with Crippen LogP contribution < -0.4 is 16.2 Å². The third-order valence-electron chi connectivity index (χ3n) is 5.21. The molecule has 28 heavy (non-hydrogen) atoms. The van der Waals surface area contributed by atoms with Gasteiger partial charge in [0.1, 0.15) is 5.71 Å². The van der Waals surface area contributed by atoms with Crippen LogP contribution in [-0.2, 0) is 4.79 Å². The highest BCUT2D eigenvalue weighted by Crippen LogP contribution is 2.38. The summed E-state index contributed by atoms with van der Waals surface area (Å²) in [5.74, 6) is -0.141. The third kappa shape index (κ3) is 3.98. The molecule has 6 nitrogen and oxygen atoms in total. The van der Waals surface area contributed by atoms with E-state index in [4.69, 9.17) is 17.3 Å². The number of anilines is 2. The molecule has 1 fully saturated rings. The highest BCUT2D eigenvalue weighted by atomic mass is 35.5. The minimum absolute atomic E-state index is 0.0909. The normalized spacial score (nSPS) is 20.1. The van der Waals surface area contributed by atoms with Crippen LogP contribution in [0, 0.1) is 0 Å². The number of nitrogens with zero attached hydrogens (tertiary/aromatic N) is 3. The quantitative estimate of drug-likeness (QED) is 0.770. The van der Waals surface area contributed by atoms with Crippen molar-refractivity contribution in [3.8, 4) is 0 Å². The van der Waals surface area contributed by atoms with Gasteiger partial charge in [0.2, 0.25) is 0 Å². The summed E-state index contributed by atoms with van der Waals surface area (Å²) in [5, 5.41) is 9.06. The molecule has 2 aromatic carbocycles. The van der Waals surface area contributed by atoms with E-state index in [0.29, 0.717) is 22.8 Å². The number of hydrazine groups is 1. The van der Waals surface area contributed by atoms with Crippen molar-refractivity contribution in [2.75, 3.05) is 23.8 Å². The summed E-state index contributed by atoms with van der Waals surface area (Å²) in [5.41, 5.74) is 12.1. The van der Waals surface area contributed by atoms with Crippen LogP contribution in [0.15, 0.2) is 53.6 Å². The van der Waals surface area contributed by atoms with Gasteiger partial charge in [-0.05, 0) is 36.6 Å². The predicted octanol–water partition coefficient (Wildman–Crippen LogP) is 3.75. The second kappa shape index (κ2) is 8.20. The average molecular weight is 398 g/mol. The molecule has 146 valence electrons. The maximum absolute atomic E-state index is 12.8. The molecule has 0 saturated carbocycles. The zero-order chi connectivity index (χ0) is 19.5. The fourth-order valence-corrected chi connectivity index (χ4v) is 3.93. The maximum atomic E-state index is 12.8. The molecule has 0 radical (unpaired) electrons. The number of piperidine rings is 1. The van der Waals surface area contributed by atoms with Gasteiger partial charge in [-0.25, -0.2) is 5.01 Å². The number of hydrogen-bond acceptors (Lipinski definition) is 5. The molecule has 7 heteroatoms. The van der Waals surface area contributed by atoms with Crippen molar-refractivity contribution in [3.63, 3.8) is 0 Å². The lowest BCUT2D eigenvalue weighted by Gasteiger charge is -2.26. The fraction of sp³-hybridized carbons (Fsp3) is 0.333. The smallest absolute Gasteiger partial charge is 0.281 e. The van der Waals surface area contributed by atoms with Crippen LogP contribution >= 0.6 is 11.6 Å². The summed E-state index contributed by atoms with van der Waals surface area (Å²) < 4.78 is 0. The van der Waals surface area contributed by atoms with Gasteiger partial charge < -0.3 is 5.73 Å². The van der Waals surface area contributed by atoms with Crippen molar-refractivity contribution in [3.05, 3.63) is 59.1 Å². The molecule has 0 aromatic heterocycles. The molecular weight excluding hydrogens is 374 g/mol. The second-order valence-electron chi connectivity index (χ2n) is 7.21. The Morgan fingerprint density at radius 1 is 1.11 bits per heavy atom. The lowest BCUT2D eigenvalue weighted by molar-refractivity contribution is -0.119. The van der Waals surface area contributed by atoms with Crippen LogP contribution in [0.4, 0.5) is 11.4 Å². The number of hydrazone groups is 1. The van der Waals surface area contributed by atoms with Gasteiger partial charge in [0, 0.05) is 24.5 Å². The van der Waals surface area contributed by atoms with Crippen molar-refractivity contribution in [2.24, 2.45) is 5.10 Å². The van der Waals surface area contributed by atoms with E-state index in [2.05, 4.69) is 10.5 Å². The highest BCUT2D eigenvalue weighted by molar-refractivity contribution is 6.39. The lowest BCUT2D eigenvalue weighted by atomic mass is 10.0. The first-order valence-electron chi connectivity index (χ1n) is 9.64. The van der Waals surface area contributed by atoms with Crippen molar-refractivity contribution in [2.45, 2.75) is 31.7 Å². The Hall–Kier alpha value is -2.57. The zero-order valence-corrected chi connectivity index (χ0v) is 16.4. The minimum Gasteiger partial charge on any atom is -0.397 e. The Labute approximate surface area is 169 Å².